The lowest BCUT2D eigenvalue weighted by atomic mass is 9.99. The van der Waals surface area contributed by atoms with Crippen molar-refractivity contribution in [2.24, 2.45) is 5.92 Å². The Labute approximate surface area is 167 Å². The molecule has 3 heterocycles. The summed E-state index contributed by atoms with van der Waals surface area (Å²) in [5.41, 5.74) is 2.42. The highest BCUT2D eigenvalue weighted by Gasteiger charge is 2.17. The molecule has 2 aliphatic heterocycles. The van der Waals surface area contributed by atoms with Gasteiger partial charge in [-0.1, -0.05) is 6.92 Å². The number of nitrogens with zero attached hydrogens (tertiary/aromatic N) is 4. The lowest BCUT2D eigenvalue weighted by Gasteiger charge is -2.32. The van der Waals surface area contributed by atoms with Crippen LogP contribution in [0.4, 0.5) is 17.3 Å². The van der Waals surface area contributed by atoms with E-state index in [2.05, 4.69) is 44.1 Å². The van der Waals surface area contributed by atoms with Gasteiger partial charge in [-0.15, -0.1) is 0 Å². The number of hydrogen-bond donors (Lipinski definition) is 1. The number of anilines is 3. The van der Waals surface area contributed by atoms with Gasteiger partial charge in [-0.05, 0) is 68.4 Å². The highest BCUT2D eigenvalue weighted by atomic mass is 16.1. The average Bonchev–Trinajstić information content (AvgIpc) is 2.76. The summed E-state index contributed by atoms with van der Waals surface area (Å²) in [7, 11) is 0. The smallest absolute Gasteiger partial charge is 0.274 e. The van der Waals surface area contributed by atoms with E-state index in [4.69, 9.17) is 0 Å². The molecule has 0 spiro atoms. The number of amides is 1. The molecule has 2 aliphatic rings. The summed E-state index contributed by atoms with van der Waals surface area (Å²) in [6.45, 7) is 6.45. The summed E-state index contributed by atoms with van der Waals surface area (Å²) in [5, 5.41) is 2.96. The Balaban J connectivity index is 1.39. The number of benzene rings is 1. The molecule has 1 aromatic heterocycles. The maximum Gasteiger partial charge on any atom is 0.274 e. The fourth-order valence-electron chi connectivity index (χ4n) is 3.94. The van der Waals surface area contributed by atoms with Crippen LogP contribution in [0.5, 0.6) is 0 Å². The molecular formula is C22H29N5O. The topological polar surface area (TPSA) is 61.4 Å². The van der Waals surface area contributed by atoms with E-state index in [1.165, 1.54) is 24.9 Å². The van der Waals surface area contributed by atoms with Crippen molar-refractivity contribution in [3.63, 3.8) is 0 Å². The van der Waals surface area contributed by atoms with E-state index in [1.807, 2.05) is 12.1 Å². The van der Waals surface area contributed by atoms with Crippen molar-refractivity contribution in [2.75, 3.05) is 41.3 Å². The van der Waals surface area contributed by atoms with Gasteiger partial charge in [0.1, 0.15) is 5.69 Å². The van der Waals surface area contributed by atoms with Crippen LogP contribution in [0.15, 0.2) is 36.5 Å². The molecule has 0 radical (unpaired) electrons. The summed E-state index contributed by atoms with van der Waals surface area (Å²) in [6.07, 6.45) is 7.72. The number of carbonyl (C=O) groups excluding carboxylic acids is 1. The number of rotatable bonds is 4. The molecule has 2 saturated heterocycles. The summed E-state index contributed by atoms with van der Waals surface area (Å²) < 4.78 is 0. The van der Waals surface area contributed by atoms with Crippen LogP contribution in [0.2, 0.25) is 0 Å². The molecule has 1 aromatic carbocycles. The number of aromatic nitrogens is 2. The minimum atomic E-state index is -0.194. The van der Waals surface area contributed by atoms with Crippen molar-refractivity contribution >= 4 is 23.2 Å². The molecule has 6 nitrogen and oxygen atoms in total. The molecule has 6 heteroatoms. The second-order valence-corrected chi connectivity index (χ2v) is 7.96. The first-order valence-electron chi connectivity index (χ1n) is 10.4. The van der Waals surface area contributed by atoms with Crippen LogP contribution in [0, 0.1) is 5.92 Å². The molecule has 2 aromatic rings. The van der Waals surface area contributed by atoms with E-state index < -0.39 is 0 Å². The normalized spacial score (nSPS) is 18.2. The Morgan fingerprint density at radius 1 is 0.964 bits per heavy atom. The first-order valence-corrected chi connectivity index (χ1v) is 10.4. The summed E-state index contributed by atoms with van der Waals surface area (Å²) in [4.78, 5) is 26.1. The zero-order chi connectivity index (χ0) is 19.3. The Hall–Kier alpha value is -2.63. The first-order chi connectivity index (χ1) is 13.7. The van der Waals surface area contributed by atoms with Gasteiger partial charge in [0, 0.05) is 43.8 Å². The molecule has 0 saturated carbocycles. The number of hydrogen-bond acceptors (Lipinski definition) is 5. The molecule has 0 atom stereocenters. The predicted octanol–water partition coefficient (Wildman–Crippen LogP) is 3.96. The monoisotopic (exact) mass is 379 g/mol. The van der Waals surface area contributed by atoms with Crippen molar-refractivity contribution in [2.45, 2.75) is 39.0 Å². The molecule has 1 amide bonds. The van der Waals surface area contributed by atoms with E-state index in [1.54, 1.807) is 12.3 Å². The SMILES string of the molecule is CC1CCN(c2ccc(NC(=O)c3ccnc(N4CCCCC4)n3)cc2)CC1. The third kappa shape index (κ3) is 4.43. The van der Waals surface area contributed by atoms with Gasteiger partial charge in [-0.25, -0.2) is 9.97 Å². The fraction of sp³-hybridized carbons (Fsp3) is 0.500. The lowest BCUT2D eigenvalue weighted by molar-refractivity contribution is 0.102. The van der Waals surface area contributed by atoms with Crippen molar-refractivity contribution < 1.29 is 4.79 Å². The molecule has 2 fully saturated rings. The quantitative estimate of drug-likeness (QED) is 0.871. The predicted molar refractivity (Wildman–Crippen MR) is 113 cm³/mol. The summed E-state index contributed by atoms with van der Waals surface area (Å²) >= 11 is 0. The van der Waals surface area contributed by atoms with Gasteiger partial charge in [0.05, 0.1) is 0 Å². The van der Waals surface area contributed by atoms with Crippen molar-refractivity contribution in [1.29, 1.82) is 0 Å². The highest BCUT2D eigenvalue weighted by Crippen LogP contribution is 2.24. The van der Waals surface area contributed by atoms with Crippen LogP contribution in [-0.2, 0) is 0 Å². The van der Waals surface area contributed by atoms with Gasteiger partial charge >= 0.3 is 0 Å². The minimum Gasteiger partial charge on any atom is -0.372 e. The standard InChI is InChI=1S/C22H29N5O/c1-17-10-15-26(16-11-17)19-7-5-18(6-8-19)24-21(28)20-9-12-23-22(25-20)27-13-3-2-4-14-27/h5-9,12,17H,2-4,10-11,13-16H2,1H3,(H,24,28). The second-order valence-electron chi connectivity index (χ2n) is 7.96. The third-order valence-corrected chi connectivity index (χ3v) is 5.79. The van der Waals surface area contributed by atoms with Crippen molar-refractivity contribution in [3.8, 4) is 0 Å². The average molecular weight is 380 g/mol. The second kappa shape index (κ2) is 8.59. The Kier molecular flexibility index (Phi) is 5.74. The van der Waals surface area contributed by atoms with E-state index in [0.717, 1.165) is 50.6 Å². The van der Waals surface area contributed by atoms with Crippen molar-refractivity contribution in [3.05, 3.63) is 42.2 Å². The number of carbonyl (C=O) groups is 1. The van der Waals surface area contributed by atoms with E-state index in [9.17, 15) is 4.79 Å². The van der Waals surface area contributed by atoms with Crippen LogP contribution in [0.25, 0.3) is 0 Å². The molecule has 28 heavy (non-hydrogen) atoms. The molecule has 0 aliphatic carbocycles. The summed E-state index contributed by atoms with van der Waals surface area (Å²) in [5.74, 6) is 1.28. The van der Waals surface area contributed by atoms with Crippen molar-refractivity contribution in [1.82, 2.24) is 9.97 Å². The van der Waals surface area contributed by atoms with Gasteiger partial charge in [0.25, 0.3) is 5.91 Å². The molecule has 1 N–H and O–H groups in total. The van der Waals surface area contributed by atoms with Gasteiger partial charge < -0.3 is 15.1 Å². The Morgan fingerprint density at radius 2 is 1.68 bits per heavy atom. The van der Waals surface area contributed by atoms with Gasteiger partial charge in [-0.2, -0.15) is 0 Å². The van der Waals surface area contributed by atoms with Crippen LogP contribution in [-0.4, -0.2) is 42.1 Å². The van der Waals surface area contributed by atoms with Gasteiger partial charge in [0.2, 0.25) is 5.95 Å². The molecule has 0 bridgehead atoms. The molecular weight excluding hydrogens is 350 g/mol. The zero-order valence-electron chi connectivity index (χ0n) is 16.6. The largest absolute Gasteiger partial charge is 0.372 e. The fourth-order valence-corrected chi connectivity index (χ4v) is 3.94. The van der Waals surface area contributed by atoms with Crippen LogP contribution in [0.3, 0.4) is 0 Å². The zero-order valence-corrected chi connectivity index (χ0v) is 16.6. The van der Waals surface area contributed by atoms with E-state index in [-0.39, 0.29) is 5.91 Å². The summed E-state index contributed by atoms with van der Waals surface area (Å²) in [6, 6.07) is 9.79. The van der Waals surface area contributed by atoms with Gasteiger partial charge in [-0.3, -0.25) is 4.79 Å². The Bertz CT molecular complexity index is 793. The number of piperidine rings is 2. The maximum absolute atomic E-state index is 12.6. The minimum absolute atomic E-state index is 0.194. The van der Waals surface area contributed by atoms with Crippen LogP contribution < -0.4 is 15.1 Å². The number of nitrogens with one attached hydrogen (secondary N) is 1. The van der Waals surface area contributed by atoms with Crippen LogP contribution in [0.1, 0.15) is 49.5 Å². The molecule has 148 valence electrons. The lowest BCUT2D eigenvalue weighted by Crippen LogP contribution is -2.32. The molecule has 4 rings (SSSR count). The highest BCUT2D eigenvalue weighted by molar-refractivity contribution is 6.03. The third-order valence-electron chi connectivity index (χ3n) is 5.79. The molecule has 0 unspecified atom stereocenters. The van der Waals surface area contributed by atoms with Gasteiger partial charge in [0.15, 0.2) is 0 Å². The van der Waals surface area contributed by atoms with E-state index >= 15 is 0 Å². The van der Waals surface area contributed by atoms with Crippen LogP contribution >= 0.6 is 0 Å². The van der Waals surface area contributed by atoms with E-state index in [0.29, 0.717) is 11.6 Å². The Morgan fingerprint density at radius 3 is 2.39 bits per heavy atom. The maximum atomic E-state index is 12.6. The first kappa shape index (κ1) is 18.7.